The van der Waals surface area contributed by atoms with Gasteiger partial charge in [0.15, 0.2) is 13.2 Å². The number of hydrogen-bond donors (Lipinski definition) is 2. The summed E-state index contributed by atoms with van der Waals surface area (Å²) in [4.78, 5) is 29.7. The summed E-state index contributed by atoms with van der Waals surface area (Å²) in [6, 6.07) is 0. The Labute approximate surface area is 135 Å². The van der Waals surface area contributed by atoms with Crippen LogP contribution in [-0.2, 0) is 18.9 Å². The molecule has 0 spiro atoms. The highest BCUT2D eigenvalue weighted by molar-refractivity contribution is 5.59. The predicted octanol–water partition coefficient (Wildman–Crippen LogP) is 3.03. The number of carboxylic acid groups (broad SMARTS) is 2. The molecule has 0 aromatic heterocycles. The van der Waals surface area contributed by atoms with E-state index in [1.54, 1.807) is 0 Å². The first-order valence-electron chi connectivity index (χ1n) is 5.80. The quantitative estimate of drug-likeness (QED) is 0.413. The van der Waals surface area contributed by atoms with Crippen LogP contribution in [0.2, 0.25) is 0 Å². The minimum Gasteiger partial charge on any atom is -0.450 e. The van der Waals surface area contributed by atoms with Crippen molar-refractivity contribution in [2.45, 2.75) is 25.4 Å². The summed E-state index contributed by atoms with van der Waals surface area (Å²) in [5, 5.41) is 16.0. The molecule has 0 aliphatic heterocycles. The summed E-state index contributed by atoms with van der Waals surface area (Å²) in [6.45, 7) is -2.87. The van der Waals surface area contributed by atoms with Crippen LogP contribution in [0, 0.1) is 0 Å². The van der Waals surface area contributed by atoms with Gasteiger partial charge in [0.1, 0.15) is 12.7 Å². The summed E-state index contributed by atoms with van der Waals surface area (Å²) in [7, 11) is 0. The van der Waals surface area contributed by atoms with Gasteiger partial charge in [-0.3, -0.25) is 0 Å². The second-order valence-electron chi connectivity index (χ2n) is 3.83. The van der Waals surface area contributed by atoms with Crippen molar-refractivity contribution in [1.29, 1.82) is 0 Å². The van der Waals surface area contributed by atoms with Gasteiger partial charge in [0.2, 0.25) is 0 Å². The van der Waals surface area contributed by atoms with Gasteiger partial charge >= 0.3 is 30.8 Å². The van der Waals surface area contributed by atoms with E-state index in [0.29, 0.717) is 0 Å². The van der Waals surface area contributed by atoms with E-state index in [9.17, 15) is 40.7 Å². The summed E-state index contributed by atoms with van der Waals surface area (Å²) < 4.78 is 82.8. The molecule has 25 heavy (non-hydrogen) atoms. The molecule has 148 valence electrons. The molecule has 2 N–H and O–H groups in total. The van der Waals surface area contributed by atoms with Crippen LogP contribution in [-0.4, -0.2) is 67.0 Å². The highest BCUT2D eigenvalue weighted by Gasteiger charge is 2.33. The fourth-order valence-corrected chi connectivity index (χ4v) is 0.718. The normalized spacial score (nSPS) is 12.1. The van der Waals surface area contributed by atoms with Crippen molar-refractivity contribution < 1.29 is 69.9 Å². The van der Waals surface area contributed by atoms with E-state index in [-0.39, 0.29) is 6.61 Å². The molecule has 0 saturated heterocycles. The van der Waals surface area contributed by atoms with Gasteiger partial charge in [-0.05, 0) is 6.92 Å². The smallest absolute Gasteiger partial charge is 0.450 e. The lowest BCUT2D eigenvalue weighted by Gasteiger charge is -2.09. The topological polar surface area (TPSA) is 129 Å². The van der Waals surface area contributed by atoms with Crippen LogP contribution in [0.1, 0.15) is 6.92 Å². The number of rotatable bonds is 5. The first kappa shape index (κ1) is 24.6. The lowest BCUT2D eigenvalue weighted by Crippen LogP contribution is -2.24. The van der Waals surface area contributed by atoms with Crippen LogP contribution in [0.4, 0.5) is 40.7 Å². The van der Waals surface area contributed by atoms with Crippen LogP contribution in [0.25, 0.3) is 0 Å². The number of ether oxygens (including phenoxy) is 4. The minimum absolute atomic E-state index is 0.290. The Morgan fingerprint density at radius 2 is 1.24 bits per heavy atom. The number of alkyl halides is 6. The van der Waals surface area contributed by atoms with Gasteiger partial charge in [-0.25, -0.2) is 14.4 Å². The first-order valence-corrected chi connectivity index (χ1v) is 5.80. The molecule has 9 nitrogen and oxygen atoms in total. The Kier molecular flexibility index (Phi) is 10.9. The van der Waals surface area contributed by atoms with Gasteiger partial charge in [0.25, 0.3) is 0 Å². The van der Waals surface area contributed by atoms with E-state index in [0.717, 1.165) is 0 Å². The van der Waals surface area contributed by atoms with Gasteiger partial charge < -0.3 is 29.2 Å². The zero-order chi connectivity index (χ0) is 20.3. The van der Waals surface area contributed by atoms with Crippen molar-refractivity contribution in [1.82, 2.24) is 0 Å². The van der Waals surface area contributed by atoms with E-state index in [4.69, 9.17) is 10.2 Å². The molecule has 0 aliphatic rings. The van der Waals surface area contributed by atoms with Gasteiger partial charge in [0, 0.05) is 0 Å². The minimum atomic E-state index is -4.79. The van der Waals surface area contributed by atoms with Gasteiger partial charge in [-0.1, -0.05) is 0 Å². The lowest BCUT2D eigenvalue weighted by atomic mass is 10.4. The molecule has 0 bridgehead atoms. The van der Waals surface area contributed by atoms with Gasteiger partial charge in [-0.15, -0.1) is 0 Å². The zero-order valence-electron chi connectivity index (χ0n) is 12.2. The fraction of sp³-hybridized carbons (Fsp3) is 0.700. The molecule has 0 saturated carbocycles. The summed E-state index contributed by atoms with van der Waals surface area (Å²) in [6.07, 6.45) is -15.3. The van der Waals surface area contributed by atoms with E-state index in [1.165, 1.54) is 6.92 Å². The molecule has 0 amide bonds. The maximum atomic E-state index is 11.3. The molecule has 0 aliphatic carbocycles. The highest BCUT2D eigenvalue weighted by Crippen LogP contribution is 2.17. The fourth-order valence-electron chi connectivity index (χ4n) is 0.718. The molecule has 0 heterocycles. The zero-order valence-corrected chi connectivity index (χ0v) is 12.2. The van der Waals surface area contributed by atoms with Gasteiger partial charge in [0.05, 0.1) is 0 Å². The Morgan fingerprint density at radius 3 is 1.52 bits per heavy atom. The van der Waals surface area contributed by atoms with E-state index >= 15 is 0 Å². The Bertz CT molecular complexity index is 414. The van der Waals surface area contributed by atoms with Crippen molar-refractivity contribution in [2.75, 3.05) is 19.8 Å². The third-order valence-electron chi connectivity index (χ3n) is 1.45. The molecule has 0 aromatic carbocycles. The van der Waals surface area contributed by atoms with Crippen molar-refractivity contribution in [2.24, 2.45) is 0 Å². The first-order chi connectivity index (χ1) is 11.1. The maximum absolute atomic E-state index is 11.3. The van der Waals surface area contributed by atoms with Gasteiger partial charge in [-0.2, -0.15) is 26.3 Å². The Morgan fingerprint density at radius 1 is 0.840 bits per heavy atom. The van der Waals surface area contributed by atoms with Crippen LogP contribution in [0.15, 0.2) is 0 Å². The third-order valence-corrected chi connectivity index (χ3v) is 1.45. The summed E-state index contributed by atoms with van der Waals surface area (Å²) in [5.41, 5.74) is 0. The van der Waals surface area contributed by atoms with Crippen molar-refractivity contribution >= 4 is 18.5 Å². The van der Waals surface area contributed by atoms with Crippen LogP contribution in [0.5, 0.6) is 0 Å². The third kappa shape index (κ3) is 23.8. The van der Waals surface area contributed by atoms with Crippen LogP contribution >= 0.6 is 0 Å². The maximum Gasteiger partial charge on any atom is 0.508 e. The van der Waals surface area contributed by atoms with E-state index in [1.807, 2.05) is 0 Å². The van der Waals surface area contributed by atoms with E-state index in [2.05, 4.69) is 18.9 Å². The predicted molar refractivity (Wildman–Crippen MR) is 62.0 cm³/mol. The molecule has 0 aromatic rings. The largest absolute Gasteiger partial charge is 0.508 e. The second kappa shape index (κ2) is 11.0. The average Bonchev–Trinajstić information content (AvgIpc) is 2.39. The monoisotopic (exact) mass is 390 g/mol. The SMILES string of the molecule is CC(COC(=O)O)OC(=O)O.O=C(OCC(F)(F)F)OCC(F)(F)F. The Hall–Kier alpha value is -2.61. The number of carbonyl (C=O) groups is 3. The van der Waals surface area contributed by atoms with Crippen LogP contribution < -0.4 is 0 Å². The average molecular weight is 390 g/mol. The lowest BCUT2D eigenvalue weighted by molar-refractivity contribution is -0.182. The second-order valence-corrected chi connectivity index (χ2v) is 3.83. The molecule has 1 unspecified atom stereocenters. The summed E-state index contributed by atoms with van der Waals surface area (Å²) in [5.74, 6) is 0. The van der Waals surface area contributed by atoms with E-state index < -0.39 is 50.1 Å². The summed E-state index contributed by atoms with van der Waals surface area (Å²) >= 11 is 0. The highest BCUT2D eigenvalue weighted by atomic mass is 19.4. The molecular formula is C10H12F6O9. The molecule has 0 rings (SSSR count). The Balaban J connectivity index is 0. The number of halogens is 6. The number of carbonyl (C=O) groups excluding carboxylic acids is 1. The molecule has 1 atom stereocenters. The molecule has 15 heteroatoms. The standard InChI is InChI=1S/C5H4F6O3.C5H8O6/c6-4(7,8)1-13-3(12)14-2-5(9,10)11;1-3(11-5(8)9)2-10-4(6)7/h1-2H2;3H,2H2,1H3,(H,6,7)(H,8,9). The van der Waals surface area contributed by atoms with Crippen molar-refractivity contribution in [3.8, 4) is 0 Å². The molecule has 0 radical (unpaired) electrons. The number of hydrogen-bond acceptors (Lipinski definition) is 7. The van der Waals surface area contributed by atoms with Crippen molar-refractivity contribution in [3.05, 3.63) is 0 Å². The molecular weight excluding hydrogens is 378 g/mol. The molecule has 0 fully saturated rings. The van der Waals surface area contributed by atoms with Crippen LogP contribution in [0.3, 0.4) is 0 Å². The van der Waals surface area contributed by atoms with Crippen molar-refractivity contribution in [3.63, 3.8) is 0 Å².